The molecule has 0 atom stereocenters. The highest BCUT2D eigenvalue weighted by Gasteiger charge is 2.06. The monoisotopic (exact) mass is 317 g/mol. The third-order valence-corrected chi connectivity index (χ3v) is 3.80. The molecule has 3 N–H and O–H groups in total. The summed E-state index contributed by atoms with van der Waals surface area (Å²) >= 11 is 0. The van der Waals surface area contributed by atoms with Crippen molar-refractivity contribution in [3.8, 4) is 11.3 Å². The van der Waals surface area contributed by atoms with Crippen LogP contribution in [-0.2, 0) is 13.1 Å². The summed E-state index contributed by atoms with van der Waals surface area (Å²) < 4.78 is 0. The van der Waals surface area contributed by atoms with Gasteiger partial charge in [-0.25, -0.2) is 0 Å². The Morgan fingerprint density at radius 1 is 0.958 bits per heavy atom. The highest BCUT2D eigenvalue weighted by molar-refractivity contribution is 5.94. The van der Waals surface area contributed by atoms with E-state index >= 15 is 0 Å². The fourth-order valence-electron chi connectivity index (χ4n) is 2.43. The van der Waals surface area contributed by atoms with Gasteiger partial charge in [0.2, 0.25) is 0 Å². The zero-order valence-corrected chi connectivity index (χ0v) is 13.3. The van der Waals surface area contributed by atoms with Gasteiger partial charge in [-0.3, -0.25) is 9.78 Å². The number of nitrogens with two attached hydrogens (primary N) is 1. The number of hydrogen-bond acceptors (Lipinski definition) is 3. The van der Waals surface area contributed by atoms with E-state index in [2.05, 4.69) is 10.3 Å². The Hall–Kier alpha value is -2.98. The molecule has 0 aliphatic rings. The van der Waals surface area contributed by atoms with Gasteiger partial charge in [0.15, 0.2) is 0 Å². The van der Waals surface area contributed by atoms with Gasteiger partial charge in [-0.2, -0.15) is 0 Å². The summed E-state index contributed by atoms with van der Waals surface area (Å²) in [5.74, 6) is -0.0888. The van der Waals surface area contributed by atoms with Crippen molar-refractivity contribution in [2.75, 3.05) is 0 Å². The number of carbonyl (C=O) groups is 1. The minimum absolute atomic E-state index is 0.0888. The molecule has 0 unspecified atom stereocenters. The number of carbonyl (C=O) groups excluding carboxylic acids is 1. The average Bonchev–Trinajstić information content (AvgIpc) is 2.67. The molecular weight excluding hydrogens is 298 g/mol. The number of nitrogens with one attached hydrogen (secondary N) is 1. The third kappa shape index (κ3) is 3.86. The van der Waals surface area contributed by atoms with Gasteiger partial charge < -0.3 is 11.1 Å². The Morgan fingerprint density at radius 3 is 2.42 bits per heavy atom. The Kier molecular flexibility index (Phi) is 4.99. The van der Waals surface area contributed by atoms with Gasteiger partial charge in [-0.1, -0.05) is 42.5 Å². The summed E-state index contributed by atoms with van der Waals surface area (Å²) in [4.78, 5) is 16.6. The molecule has 2 aromatic carbocycles. The number of benzene rings is 2. The molecule has 1 heterocycles. The van der Waals surface area contributed by atoms with E-state index in [-0.39, 0.29) is 5.91 Å². The molecule has 24 heavy (non-hydrogen) atoms. The normalized spacial score (nSPS) is 10.4. The molecule has 120 valence electrons. The summed E-state index contributed by atoms with van der Waals surface area (Å²) in [7, 11) is 0. The van der Waals surface area contributed by atoms with E-state index in [0.717, 1.165) is 22.4 Å². The molecule has 0 aliphatic carbocycles. The molecule has 3 aromatic rings. The second-order valence-electron chi connectivity index (χ2n) is 5.50. The number of aromatic nitrogens is 1. The highest BCUT2D eigenvalue weighted by atomic mass is 16.1. The molecule has 3 rings (SSSR count). The number of amides is 1. The number of hydrogen-bond donors (Lipinski definition) is 2. The summed E-state index contributed by atoms with van der Waals surface area (Å²) in [6.07, 6.45) is 1.75. The van der Waals surface area contributed by atoms with E-state index < -0.39 is 0 Å². The van der Waals surface area contributed by atoms with Gasteiger partial charge in [0, 0.05) is 30.4 Å². The van der Waals surface area contributed by atoms with E-state index in [1.54, 1.807) is 6.20 Å². The van der Waals surface area contributed by atoms with Crippen molar-refractivity contribution in [2.45, 2.75) is 13.1 Å². The quantitative estimate of drug-likeness (QED) is 0.759. The largest absolute Gasteiger partial charge is 0.348 e. The highest BCUT2D eigenvalue weighted by Crippen LogP contribution is 2.18. The van der Waals surface area contributed by atoms with Crippen LogP contribution in [0.25, 0.3) is 11.3 Å². The van der Waals surface area contributed by atoms with Gasteiger partial charge in [0.25, 0.3) is 5.91 Å². The Bertz CT molecular complexity index is 814. The lowest BCUT2D eigenvalue weighted by Crippen LogP contribution is -2.22. The van der Waals surface area contributed by atoms with Gasteiger partial charge in [-0.05, 0) is 35.4 Å². The molecule has 0 radical (unpaired) electrons. The summed E-state index contributed by atoms with van der Waals surface area (Å²) in [6, 6.07) is 21.1. The molecule has 0 saturated carbocycles. The first-order chi connectivity index (χ1) is 11.8. The van der Waals surface area contributed by atoms with Gasteiger partial charge in [0.1, 0.15) is 0 Å². The van der Waals surface area contributed by atoms with Crippen molar-refractivity contribution >= 4 is 5.91 Å². The van der Waals surface area contributed by atoms with Gasteiger partial charge in [0.05, 0.1) is 5.69 Å². The van der Waals surface area contributed by atoms with Crippen LogP contribution in [0.1, 0.15) is 21.5 Å². The molecule has 0 fully saturated rings. The van der Waals surface area contributed by atoms with Crippen LogP contribution in [0.4, 0.5) is 0 Å². The van der Waals surface area contributed by atoms with Crippen molar-refractivity contribution in [1.29, 1.82) is 0 Å². The molecule has 0 bridgehead atoms. The number of rotatable bonds is 5. The van der Waals surface area contributed by atoms with E-state index in [4.69, 9.17) is 5.73 Å². The lowest BCUT2D eigenvalue weighted by Gasteiger charge is -2.07. The zero-order valence-electron chi connectivity index (χ0n) is 13.3. The SMILES string of the molecule is NCc1ccnc(-c2ccc(C(=O)NCc3ccccc3)cc2)c1. The first-order valence-electron chi connectivity index (χ1n) is 7.84. The van der Waals surface area contributed by atoms with E-state index in [1.807, 2.05) is 66.7 Å². The maximum atomic E-state index is 12.2. The number of pyridine rings is 1. The van der Waals surface area contributed by atoms with Crippen LogP contribution in [0.15, 0.2) is 72.9 Å². The van der Waals surface area contributed by atoms with Gasteiger partial charge >= 0.3 is 0 Å². The Balaban J connectivity index is 1.68. The second-order valence-corrected chi connectivity index (χ2v) is 5.50. The van der Waals surface area contributed by atoms with Crippen molar-refractivity contribution in [3.05, 3.63) is 89.6 Å². The lowest BCUT2D eigenvalue weighted by molar-refractivity contribution is 0.0951. The third-order valence-electron chi connectivity index (χ3n) is 3.80. The van der Waals surface area contributed by atoms with Crippen LogP contribution in [0.3, 0.4) is 0 Å². The van der Waals surface area contributed by atoms with Gasteiger partial charge in [-0.15, -0.1) is 0 Å². The summed E-state index contributed by atoms with van der Waals surface area (Å²) in [6.45, 7) is 0.997. The van der Waals surface area contributed by atoms with E-state index in [9.17, 15) is 4.79 Å². The molecule has 4 nitrogen and oxygen atoms in total. The minimum atomic E-state index is -0.0888. The topological polar surface area (TPSA) is 68.0 Å². The van der Waals surface area contributed by atoms with E-state index in [1.165, 1.54) is 0 Å². The minimum Gasteiger partial charge on any atom is -0.348 e. The van der Waals surface area contributed by atoms with Crippen molar-refractivity contribution in [2.24, 2.45) is 5.73 Å². The first kappa shape index (κ1) is 15.9. The molecule has 1 aromatic heterocycles. The molecule has 0 saturated heterocycles. The van der Waals surface area contributed by atoms with Crippen LogP contribution in [-0.4, -0.2) is 10.9 Å². The molecule has 0 spiro atoms. The maximum Gasteiger partial charge on any atom is 0.251 e. The van der Waals surface area contributed by atoms with Crippen molar-refractivity contribution in [3.63, 3.8) is 0 Å². The van der Waals surface area contributed by atoms with Crippen LogP contribution in [0.5, 0.6) is 0 Å². The molecule has 0 aliphatic heterocycles. The van der Waals surface area contributed by atoms with E-state index in [0.29, 0.717) is 18.7 Å². The second kappa shape index (κ2) is 7.53. The fourth-order valence-corrected chi connectivity index (χ4v) is 2.43. The Labute approximate surface area is 141 Å². The summed E-state index contributed by atoms with van der Waals surface area (Å²) in [5, 5.41) is 2.92. The van der Waals surface area contributed by atoms with Crippen LogP contribution in [0.2, 0.25) is 0 Å². The van der Waals surface area contributed by atoms with Crippen LogP contribution in [0, 0.1) is 0 Å². The first-order valence-corrected chi connectivity index (χ1v) is 7.84. The van der Waals surface area contributed by atoms with Crippen molar-refractivity contribution in [1.82, 2.24) is 10.3 Å². The molecule has 4 heteroatoms. The maximum absolute atomic E-state index is 12.2. The molecular formula is C20H19N3O. The summed E-state index contributed by atoms with van der Waals surface area (Å²) in [5.41, 5.74) is 10.2. The average molecular weight is 317 g/mol. The van der Waals surface area contributed by atoms with Crippen molar-refractivity contribution < 1.29 is 4.79 Å². The van der Waals surface area contributed by atoms with Crippen LogP contribution >= 0.6 is 0 Å². The Morgan fingerprint density at radius 2 is 1.71 bits per heavy atom. The smallest absolute Gasteiger partial charge is 0.251 e. The predicted octanol–water partition coefficient (Wildman–Crippen LogP) is 3.14. The lowest BCUT2D eigenvalue weighted by atomic mass is 10.1. The predicted molar refractivity (Wildman–Crippen MR) is 95.2 cm³/mol. The van der Waals surface area contributed by atoms with Crippen LogP contribution < -0.4 is 11.1 Å². The zero-order chi connectivity index (χ0) is 16.8. The fraction of sp³-hybridized carbons (Fsp3) is 0.100. The molecule has 1 amide bonds. The standard InChI is InChI=1S/C20H19N3O/c21-13-16-10-11-22-19(12-16)17-6-8-18(9-7-17)20(24)23-14-15-4-2-1-3-5-15/h1-12H,13-14,21H2,(H,23,24). The number of nitrogens with zero attached hydrogens (tertiary/aromatic N) is 1.